The predicted molar refractivity (Wildman–Crippen MR) is 63.1 cm³/mol. The number of hydrogen-bond donors (Lipinski definition) is 0. The predicted octanol–water partition coefficient (Wildman–Crippen LogP) is 3.18. The minimum atomic E-state index is -0.481. The maximum Gasteiger partial charge on any atom is 0.250 e. The van der Waals surface area contributed by atoms with Crippen LogP contribution in [0.4, 0.5) is 4.39 Å². The number of ether oxygens (including phenoxy) is 2. The van der Waals surface area contributed by atoms with Crippen molar-refractivity contribution >= 4 is 15.9 Å². The van der Waals surface area contributed by atoms with Crippen molar-refractivity contribution in [2.75, 3.05) is 13.2 Å². The van der Waals surface area contributed by atoms with Gasteiger partial charge in [0.05, 0.1) is 12.2 Å². The van der Waals surface area contributed by atoms with Gasteiger partial charge in [-0.15, -0.1) is 0 Å². The summed E-state index contributed by atoms with van der Waals surface area (Å²) in [5.74, 6) is -0.481. The van der Waals surface area contributed by atoms with Crippen LogP contribution in [0, 0.1) is 5.82 Å². The van der Waals surface area contributed by atoms with E-state index in [2.05, 4.69) is 20.9 Å². The Balaban J connectivity index is 2.38. The lowest BCUT2D eigenvalue weighted by Crippen LogP contribution is -2.22. The minimum Gasteiger partial charge on any atom is -0.473 e. The summed E-state index contributed by atoms with van der Waals surface area (Å²) >= 11 is 3.12. The molecule has 90 valence electrons. The van der Waals surface area contributed by atoms with Gasteiger partial charge in [-0.3, -0.25) is 0 Å². The van der Waals surface area contributed by atoms with Gasteiger partial charge in [-0.2, -0.15) is 0 Å². The molecule has 0 fully saturated rings. The molecule has 1 heterocycles. The molecule has 0 spiro atoms. The maximum atomic E-state index is 13.3. The van der Waals surface area contributed by atoms with Crippen molar-refractivity contribution in [2.24, 2.45) is 0 Å². The highest BCUT2D eigenvalue weighted by atomic mass is 79.9. The standard InChI is InChI=1S/C11H15BrFNO2/c1-11(2,3)16-5-4-15-10-9(13)6-8(12)7-14-10/h6-7H,4-5H2,1-3H3. The Labute approximate surface area is 103 Å². The van der Waals surface area contributed by atoms with Crippen LogP contribution >= 0.6 is 15.9 Å². The van der Waals surface area contributed by atoms with Crippen LogP contribution < -0.4 is 4.74 Å². The molecule has 0 aliphatic carbocycles. The summed E-state index contributed by atoms with van der Waals surface area (Å²) in [4.78, 5) is 3.81. The van der Waals surface area contributed by atoms with Crippen LogP contribution in [0.3, 0.4) is 0 Å². The number of rotatable bonds is 4. The second-order valence-electron chi connectivity index (χ2n) is 4.25. The van der Waals surface area contributed by atoms with Crippen molar-refractivity contribution in [1.82, 2.24) is 4.98 Å². The van der Waals surface area contributed by atoms with Crippen LogP contribution in [-0.2, 0) is 4.74 Å². The SMILES string of the molecule is CC(C)(C)OCCOc1ncc(Br)cc1F. The molecule has 0 atom stereocenters. The molecule has 0 aromatic carbocycles. The van der Waals surface area contributed by atoms with Crippen molar-refractivity contribution < 1.29 is 13.9 Å². The van der Waals surface area contributed by atoms with Crippen LogP contribution in [0.1, 0.15) is 20.8 Å². The summed E-state index contributed by atoms with van der Waals surface area (Å²) in [5, 5.41) is 0. The first kappa shape index (κ1) is 13.4. The van der Waals surface area contributed by atoms with Crippen LogP contribution in [0.5, 0.6) is 5.88 Å². The first-order valence-corrected chi connectivity index (χ1v) is 5.75. The van der Waals surface area contributed by atoms with Gasteiger partial charge in [-0.25, -0.2) is 9.37 Å². The molecule has 0 unspecified atom stereocenters. The number of nitrogens with zero attached hydrogens (tertiary/aromatic N) is 1. The van der Waals surface area contributed by atoms with Crippen molar-refractivity contribution in [1.29, 1.82) is 0 Å². The van der Waals surface area contributed by atoms with E-state index in [4.69, 9.17) is 9.47 Å². The lowest BCUT2D eigenvalue weighted by Gasteiger charge is -2.19. The second kappa shape index (κ2) is 5.59. The fourth-order valence-electron chi connectivity index (χ4n) is 0.994. The summed E-state index contributed by atoms with van der Waals surface area (Å²) in [7, 11) is 0. The van der Waals surface area contributed by atoms with Crippen molar-refractivity contribution in [3.63, 3.8) is 0 Å². The van der Waals surface area contributed by atoms with Crippen LogP contribution in [-0.4, -0.2) is 23.8 Å². The van der Waals surface area contributed by atoms with Gasteiger partial charge in [-0.05, 0) is 42.8 Å². The van der Waals surface area contributed by atoms with E-state index >= 15 is 0 Å². The van der Waals surface area contributed by atoms with Crippen LogP contribution in [0.2, 0.25) is 0 Å². The molecule has 1 aromatic heterocycles. The topological polar surface area (TPSA) is 31.4 Å². The van der Waals surface area contributed by atoms with E-state index in [-0.39, 0.29) is 18.1 Å². The third-order valence-corrected chi connectivity index (χ3v) is 2.06. The molecule has 5 heteroatoms. The zero-order chi connectivity index (χ0) is 12.2. The van der Waals surface area contributed by atoms with Gasteiger partial charge in [0.15, 0.2) is 5.82 Å². The number of aromatic nitrogens is 1. The molecule has 0 N–H and O–H groups in total. The Morgan fingerprint density at radius 2 is 2.06 bits per heavy atom. The Hall–Kier alpha value is -0.680. The quantitative estimate of drug-likeness (QED) is 0.799. The highest BCUT2D eigenvalue weighted by Crippen LogP contribution is 2.17. The molecule has 3 nitrogen and oxygen atoms in total. The van der Waals surface area contributed by atoms with Gasteiger partial charge in [0.2, 0.25) is 0 Å². The third kappa shape index (κ3) is 4.90. The molecule has 1 rings (SSSR count). The smallest absolute Gasteiger partial charge is 0.250 e. The fraction of sp³-hybridized carbons (Fsp3) is 0.545. The van der Waals surface area contributed by atoms with Gasteiger partial charge in [-0.1, -0.05) is 0 Å². The van der Waals surface area contributed by atoms with Crippen LogP contribution in [0.25, 0.3) is 0 Å². The minimum absolute atomic E-state index is 0.000657. The molecule has 1 aromatic rings. The monoisotopic (exact) mass is 291 g/mol. The van der Waals surface area contributed by atoms with E-state index in [1.807, 2.05) is 20.8 Å². The van der Waals surface area contributed by atoms with Crippen molar-refractivity contribution in [3.8, 4) is 5.88 Å². The number of hydrogen-bond acceptors (Lipinski definition) is 3. The average molecular weight is 292 g/mol. The first-order valence-electron chi connectivity index (χ1n) is 4.96. The summed E-state index contributed by atoms with van der Waals surface area (Å²) in [6.45, 7) is 6.53. The van der Waals surface area contributed by atoms with Crippen molar-refractivity contribution in [2.45, 2.75) is 26.4 Å². The molecule has 16 heavy (non-hydrogen) atoms. The molecule has 0 saturated carbocycles. The lowest BCUT2D eigenvalue weighted by molar-refractivity contribution is -0.0172. The van der Waals surface area contributed by atoms with Crippen LogP contribution in [0.15, 0.2) is 16.7 Å². The van der Waals surface area contributed by atoms with Crippen molar-refractivity contribution in [3.05, 3.63) is 22.6 Å². The van der Waals surface area contributed by atoms with E-state index in [1.54, 1.807) is 0 Å². The molecule has 0 aliphatic heterocycles. The first-order chi connectivity index (χ1) is 7.38. The van der Waals surface area contributed by atoms with E-state index in [0.29, 0.717) is 11.1 Å². The molecule has 0 radical (unpaired) electrons. The average Bonchev–Trinajstić information content (AvgIpc) is 2.13. The molecular weight excluding hydrogens is 277 g/mol. The Morgan fingerprint density at radius 1 is 1.38 bits per heavy atom. The Bertz CT molecular complexity index is 352. The van der Waals surface area contributed by atoms with Gasteiger partial charge in [0, 0.05) is 10.7 Å². The summed E-state index contributed by atoms with van der Waals surface area (Å²) in [5.41, 5.74) is -0.213. The molecule has 0 amide bonds. The molecular formula is C11H15BrFNO2. The zero-order valence-electron chi connectivity index (χ0n) is 9.59. The zero-order valence-corrected chi connectivity index (χ0v) is 11.2. The van der Waals surface area contributed by atoms with Gasteiger partial charge < -0.3 is 9.47 Å². The molecule has 0 saturated heterocycles. The maximum absolute atomic E-state index is 13.3. The Morgan fingerprint density at radius 3 is 2.62 bits per heavy atom. The largest absolute Gasteiger partial charge is 0.473 e. The second-order valence-corrected chi connectivity index (χ2v) is 5.17. The van der Waals surface area contributed by atoms with Gasteiger partial charge in [0.25, 0.3) is 5.88 Å². The van der Waals surface area contributed by atoms with E-state index < -0.39 is 5.82 Å². The van der Waals surface area contributed by atoms with E-state index in [1.165, 1.54) is 12.3 Å². The molecule has 0 aliphatic rings. The number of pyridine rings is 1. The molecule has 0 bridgehead atoms. The third-order valence-electron chi connectivity index (χ3n) is 1.63. The summed E-state index contributed by atoms with van der Waals surface area (Å²) in [6.07, 6.45) is 1.49. The summed E-state index contributed by atoms with van der Waals surface area (Å²) < 4.78 is 24.4. The number of halogens is 2. The van der Waals surface area contributed by atoms with E-state index in [9.17, 15) is 4.39 Å². The highest BCUT2D eigenvalue weighted by molar-refractivity contribution is 9.10. The van der Waals surface area contributed by atoms with Gasteiger partial charge in [0.1, 0.15) is 6.61 Å². The van der Waals surface area contributed by atoms with Gasteiger partial charge >= 0.3 is 0 Å². The highest BCUT2D eigenvalue weighted by Gasteiger charge is 2.10. The normalized spacial score (nSPS) is 11.6. The lowest BCUT2D eigenvalue weighted by atomic mass is 10.2. The Kier molecular flexibility index (Phi) is 4.68. The van der Waals surface area contributed by atoms with E-state index in [0.717, 1.165) is 0 Å². The fourth-order valence-corrected chi connectivity index (χ4v) is 1.30. The summed E-state index contributed by atoms with van der Waals surface area (Å²) in [6, 6.07) is 1.31.